The largest absolute Gasteiger partial charge is 0.465 e. The number of hydrogen-bond donors (Lipinski definition) is 2. The Labute approximate surface area is 200 Å². The van der Waals surface area contributed by atoms with Gasteiger partial charge in [0.15, 0.2) is 0 Å². The van der Waals surface area contributed by atoms with Gasteiger partial charge >= 0.3 is 12.1 Å². The molecule has 186 valence electrons. The normalized spacial score (nSPS) is 27.7. The molecule has 1 aromatic carbocycles. The average molecular weight is 474 g/mol. The fourth-order valence-electron chi connectivity index (χ4n) is 5.82. The Kier molecular flexibility index (Phi) is 6.50. The summed E-state index contributed by atoms with van der Waals surface area (Å²) >= 11 is 0. The number of methoxy groups -OCH3 is 2. The molecule has 4 rings (SSSR count). The lowest BCUT2D eigenvalue weighted by atomic mass is 9.48. The van der Waals surface area contributed by atoms with E-state index in [1.807, 2.05) is 0 Å². The van der Waals surface area contributed by atoms with Crippen molar-refractivity contribution >= 4 is 29.3 Å². The van der Waals surface area contributed by atoms with Gasteiger partial charge < -0.3 is 29.7 Å². The molecule has 9 heteroatoms. The van der Waals surface area contributed by atoms with Gasteiger partial charge in [-0.15, -0.1) is 0 Å². The van der Waals surface area contributed by atoms with E-state index in [-0.39, 0.29) is 40.9 Å². The van der Waals surface area contributed by atoms with Gasteiger partial charge in [0.25, 0.3) is 0 Å². The van der Waals surface area contributed by atoms with Gasteiger partial charge in [0.2, 0.25) is 5.91 Å². The SMILES string of the molecule is COC(=O)c1ccc(NC(=O)C2CC3(C2)CN(C(=O)OC)[C@H]3C(C)(C)C)c(NCC2CCO2)c1. The molecule has 2 atom stereocenters. The zero-order valence-corrected chi connectivity index (χ0v) is 20.6. The van der Waals surface area contributed by atoms with Gasteiger partial charge in [-0.05, 0) is 42.9 Å². The van der Waals surface area contributed by atoms with Crippen molar-refractivity contribution in [2.45, 2.75) is 52.2 Å². The zero-order valence-electron chi connectivity index (χ0n) is 20.6. The molecule has 0 bridgehead atoms. The van der Waals surface area contributed by atoms with Crippen LogP contribution in [0, 0.1) is 16.7 Å². The minimum absolute atomic E-state index is 0.0375. The summed E-state index contributed by atoms with van der Waals surface area (Å²) in [6.45, 7) is 8.33. The van der Waals surface area contributed by atoms with Crippen LogP contribution in [0.15, 0.2) is 18.2 Å². The molecule has 2 N–H and O–H groups in total. The van der Waals surface area contributed by atoms with Crippen molar-refractivity contribution in [2.75, 3.05) is 44.5 Å². The van der Waals surface area contributed by atoms with Gasteiger partial charge in [0.1, 0.15) is 0 Å². The highest BCUT2D eigenvalue weighted by Gasteiger charge is 2.65. The lowest BCUT2D eigenvalue weighted by Crippen LogP contribution is -2.74. The summed E-state index contributed by atoms with van der Waals surface area (Å²) in [6.07, 6.45) is 2.26. The molecule has 1 aliphatic carbocycles. The summed E-state index contributed by atoms with van der Waals surface area (Å²) in [5, 5.41) is 6.34. The first-order valence-electron chi connectivity index (χ1n) is 11.8. The lowest BCUT2D eigenvalue weighted by molar-refractivity contribution is -0.177. The maximum atomic E-state index is 13.1. The van der Waals surface area contributed by atoms with E-state index >= 15 is 0 Å². The Hall–Kier alpha value is -2.81. The third kappa shape index (κ3) is 4.45. The van der Waals surface area contributed by atoms with Gasteiger partial charge in [0.05, 0.1) is 37.3 Å². The number of amides is 2. The van der Waals surface area contributed by atoms with Crippen molar-refractivity contribution < 1.29 is 28.6 Å². The fraction of sp³-hybridized carbons (Fsp3) is 0.640. The molecule has 34 heavy (non-hydrogen) atoms. The molecule has 1 saturated carbocycles. The number of nitrogens with one attached hydrogen (secondary N) is 2. The molecule has 0 radical (unpaired) electrons. The lowest BCUT2D eigenvalue weighted by Gasteiger charge is -2.67. The molecule has 2 saturated heterocycles. The van der Waals surface area contributed by atoms with Gasteiger partial charge in [-0.25, -0.2) is 9.59 Å². The van der Waals surface area contributed by atoms with Gasteiger partial charge in [0, 0.05) is 37.1 Å². The Morgan fingerprint density at radius 1 is 1.15 bits per heavy atom. The van der Waals surface area contributed by atoms with Crippen LogP contribution in [0.5, 0.6) is 0 Å². The van der Waals surface area contributed by atoms with E-state index in [2.05, 4.69) is 31.4 Å². The second kappa shape index (κ2) is 9.09. The standard InChI is InChI=1S/C25H35N3O6/c1-24(2,3)22-25(14-28(22)23(31)33-5)11-16(12-25)20(29)27-18-7-6-15(21(30)32-4)10-19(18)26-13-17-8-9-34-17/h6-7,10,16-17,22,26H,8-9,11-14H2,1-5H3,(H,27,29)/t16?,17?,22-,25?/m0/s1. The smallest absolute Gasteiger partial charge is 0.409 e. The van der Waals surface area contributed by atoms with Crippen molar-refractivity contribution in [1.29, 1.82) is 0 Å². The van der Waals surface area contributed by atoms with Crippen molar-refractivity contribution in [2.24, 2.45) is 16.7 Å². The van der Waals surface area contributed by atoms with E-state index in [0.717, 1.165) is 25.9 Å². The fourth-order valence-corrected chi connectivity index (χ4v) is 5.82. The molecule has 3 aliphatic rings. The number of nitrogens with zero attached hydrogens (tertiary/aromatic N) is 1. The van der Waals surface area contributed by atoms with Crippen LogP contribution in [0.3, 0.4) is 0 Å². The third-order valence-electron chi connectivity index (χ3n) is 7.30. The van der Waals surface area contributed by atoms with Crippen LogP contribution >= 0.6 is 0 Å². The first-order chi connectivity index (χ1) is 16.1. The summed E-state index contributed by atoms with van der Waals surface area (Å²) < 4.78 is 15.3. The van der Waals surface area contributed by atoms with E-state index in [9.17, 15) is 14.4 Å². The molecule has 0 aromatic heterocycles. The van der Waals surface area contributed by atoms with Gasteiger partial charge in [-0.1, -0.05) is 20.8 Å². The number of benzene rings is 1. The van der Waals surface area contributed by atoms with Crippen LogP contribution in [0.2, 0.25) is 0 Å². The van der Waals surface area contributed by atoms with Gasteiger partial charge in [-0.3, -0.25) is 4.79 Å². The number of ether oxygens (including phenoxy) is 3. The molecule has 9 nitrogen and oxygen atoms in total. The van der Waals surface area contributed by atoms with Crippen LogP contribution in [0.25, 0.3) is 0 Å². The molecule has 2 heterocycles. The Morgan fingerprint density at radius 3 is 2.41 bits per heavy atom. The molecule has 1 unspecified atom stereocenters. The van der Waals surface area contributed by atoms with Crippen LogP contribution in [-0.4, -0.2) is 68.9 Å². The number of carbonyl (C=O) groups excluding carboxylic acids is 3. The maximum Gasteiger partial charge on any atom is 0.409 e. The Morgan fingerprint density at radius 2 is 1.85 bits per heavy atom. The molecule has 1 spiro atoms. The molecular formula is C25H35N3O6. The van der Waals surface area contributed by atoms with Crippen LogP contribution < -0.4 is 10.6 Å². The topological polar surface area (TPSA) is 106 Å². The average Bonchev–Trinajstić information content (AvgIpc) is 2.69. The number of rotatable bonds is 6. The van der Waals surface area contributed by atoms with Crippen LogP contribution in [0.4, 0.5) is 16.2 Å². The second-order valence-electron chi connectivity index (χ2n) is 10.7. The molecule has 2 amide bonds. The molecule has 3 fully saturated rings. The van der Waals surface area contributed by atoms with Crippen LogP contribution in [-0.2, 0) is 19.0 Å². The summed E-state index contributed by atoms with van der Waals surface area (Å²) in [6, 6.07) is 5.10. The number of carbonyl (C=O) groups is 3. The molecular weight excluding hydrogens is 438 g/mol. The highest BCUT2D eigenvalue weighted by Crippen LogP contribution is 2.60. The van der Waals surface area contributed by atoms with Gasteiger partial charge in [-0.2, -0.15) is 0 Å². The first-order valence-corrected chi connectivity index (χ1v) is 11.8. The quantitative estimate of drug-likeness (QED) is 0.609. The zero-order chi connectivity index (χ0) is 24.7. The number of hydrogen-bond acceptors (Lipinski definition) is 7. The number of likely N-dealkylation sites (tertiary alicyclic amines) is 1. The van der Waals surface area contributed by atoms with Crippen LogP contribution in [0.1, 0.15) is 50.4 Å². The van der Waals surface area contributed by atoms with E-state index in [0.29, 0.717) is 30.0 Å². The number of anilines is 2. The van der Waals surface area contributed by atoms with E-state index in [4.69, 9.17) is 14.2 Å². The molecule has 2 aliphatic heterocycles. The maximum absolute atomic E-state index is 13.1. The molecule has 1 aromatic rings. The Bertz CT molecular complexity index is 962. The van der Waals surface area contributed by atoms with Crippen molar-refractivity contribution in [3.8, 4) is 0 Å². The summed E-state index contributed by atoms with van der Waals surface area (Å²) in [5.41, 5.74) is 1.53. The number of esters is 1. The van der Waals surface area contributed by atoms with Crippen molar-refractivity contribution in [1.82, 2.24) is 4.90 Å². The first kappa shape index (κ1) is 24.3. The summed E-state index contributed by atoms with van der Waals surface area (Å²) in [7, 11) is 2.74. The van der Waals surface area contributed by atoms with E-state index in [1.54, 1.807) is 23.1 Å². The van der Waals surface area contributed by atoms with E-state index < -0.39 is 5.97 Å². The predicted molar refractivity (Wildman–Crippen MR) is 127 cm³/mol. The van der Waals surface area contributed by atoms with E-state index in [1.165, 1.54) is 14.2 Å². The summed E-state index contributed by atoms with van der Waals surface area (Å²) in [5.74, 6) is -0.619. The highest BCUT2D eigenvalue weighted by atomic mass is 16.5. The van der Waals surface area contributed by atoms with Crippen molar-refractivity contribution in [3.05, 3.63) is 23.8 Å². The van der Waals surface area contributed by atoms with Crippen molar-refractivity contribution in [3.63, 3.8) is 0 Å². The minimum Gasteiger partial charge on any atom is -0.465 e. The summed E-state index contributed by atoms with van der Waals surface area (Å²) in [4.78, 5) is 39.1. The Balaban J connectivity index is 1.43. The predicted octanol–water partition coefficient (Wildman–Crippen LogP) is 3.51. The second-order valence-corrected chi connectivity index (χ2v) is 10.7. The third-order valence-corrected chi connectivity index (χ3v) is 7.30. The highest BCUT2D eigenvalue weighted by molar-refractivity contribution is 5.98. The minimum atomic E-state index is -0.435. The monoisotopic (exact) mass is 473 g/mol.